The van der Waals surface area contributed by atoms with Gasteiger partial charge in [-0.2, -0.15) is 0 Å². The van der Waals surface area contributed by atoms with E-state index in [2.05, 4.69) is 173 Å². The largest absolute Gasteiger partial charge is 0.309 e. The van der Waals surface area contributed by atoms with Crippen molar-refractivity contribution >= 4 is 85.9 Å². The van der Waals surface area contributed by atoms with Crippen LogP contribution in [-0.4, -0.2) is 14.1 Å². The average Bonchev–Trinajstić information content (AvgIpc) is 3.86. The molecule has 0 fully saturated rings. The molecule has 4 heteroatoms. The van der Waals surface area contributed by atoms with Gasteiger partial charge in [-0.3, -0.25) is 4.57 Å². The first-order valence-electron chi connectivity index (χ1n) is 16.6. The lowest BCUT2D eigenvalue weighted by molar-refractivity contribution is 1.10. The van der Waals surface area contributed by atoms with Gasteiger partial charge in [-0.1, -0.05) is 103 Å². The predicted molar refractivity (Wildman–Crippen MR) is 209 cm³/mol. The maximum atomic E-state index is 5.14. The van der Waals surface area contributed by atoms with Crippen LogP contribution >= 0.6 is 11.3 Å². The highest BCUT2D eigenvalue weighted by Gasteiger charge is 2.23. The topological polar surface area (TPSA) is 22.8 Å². The number of aromatic nitrogens is 3. The monoisotopic (exact) mass is 641 g/mol. The molecule has 8 aromatic carbocycles. The number of imidazole rings is 1. The first-order valence-corrected chi connectivity index (χ1v) is 17.5. The first-order chi connectivity index (χ1) is 24.3. The SMILES string of the molecule is c1ccc(-n2c(-c3ccc(-n4c5ccc6ccccc6c5c5c6c7ccccc7sc6c6ccccc6c54)cc3)nc3ccccc32)cc1. The van der Waals surface area contributed by atoms with E-state index in [1.807, 2.05) is 11.3 Å². The van der Waals surface area contributed by atoms with Crippen molar-refractivity contribution in [1.82, 2.24) is 14.1 Å². The number of benzene rings is 8. The third kappa shape index (κ3) is 3.75. The molecular formula is C45H27N3S. The molecule has 3 heterocycles. The molecule has 228 valence electrons. The predicted octanol–water partition coefficient (Wildman–Crippen LogP) is 12.5. The fourth-order valence-electron chi connectivity index (χ4n) is 8.02. The fraction of sp³-hybridized carbons (Fsp3) is 0. The summed E-state index contributed by atoms with van der Waals surface area (Å²) in [6.45, 7) is 0. The highest BCUT2D eigenvalue weighted by molar-refractivity contribution is 7.27. The standard InChI is InChI=1S/C45H27N3S/c1-2-13-30(14-3-1)48-37-20-10-9-19-36(37)46-45(48)29-22-25-31(26-23-29)47-38-27-24-28-12-4-5-15-32(28)40(38)42-41-35-18-8-11-21-39(35)49-44(41)34-17-7-6-16-33(34)43(42)47/h1-27H. The lowest BCUT2D eigenvalue weighted by Gasteiger charge is -2.13. The number of fused-ring (bicyclic) bond motifs is 13. The van der Waals surface area contributed by atoms with Crippen molar-refractivity contribution in [2.45, 2.75) is 0 Å². The van der Waals surface area contributed by atoms with Gasteiger partial charge in [0.15, 0.2) is 0 Å². The summed E-state index contributed by atoms with van der Waals surface area (Å²) in [5, 5.41) is 10.4. The van der Waals surface area contributed by atoms with E-state index in [0.29, 0.717) is 0 Å². The van der Waals surface area contributed by atoms with E-state index >= 15 is 0 Å². The van der Waals surface area contributed by atoms with Crippen LogP contribution in [0.2, 0.25) is 0 Å². The van der Waals surface area contributed by atoms with Crippen molar-refractivity contribution in [3.8, 4) is 22.8 Å². The van der Waals surface area contributed by atoms with Crippen molar-refractivity contribution < 1.29 is 0 Å². The second-order valence-electron chi connectivity index (χ2n) is 12.7. The maximum absolute atomic E-state index is 5.14. The summed E-state index contributed by atoms with van der Waals surface area (Å²) >= 11 is 1.91. The van der Waals surface area contributed by atoms with E-state index in [0.717, 1.165) is 33.8 Å². The summed E-state index contributed by atoms with van der Waals surface area (Å²) < 4.78 is 7.44. The van der Waals surface area contributed by atoms with Crippen molar-refractivity contribution in [2.24, 2.45) is 0 Å². The Balaban J connectivity index is 1.25. The van der Waals surface area contributed by atoms with Gasteiger partial charge in [0.1, 0.15) is 5.82 Å². The van der Waals surface area contributed by atoms with Crippen molar-refractivity contribution in [3.05, 3.63) is 164 Å². The van der Waals surface area contributed by atoms with Gasteiger partial charge in [0, 0.05) is 58.7 Å². The number of para-hydroxylation sites is 3. The zero-order chi connectivity index (χ0) is 32.1. The van der Waals surface area contributed by atoms with Crippen LogP contribution in [0, 0.1) is 0 Å². The number of hydrogen-bond acceptors (Lipinski definition) is 2. The number of rotatable bonds is 3. The lowest BCUT2D eigenvalue weighted by Crippen LogP contribution is -1.98. The van der Waals surface area contributed by atoms with Crippen LogP contribution in [0.3, 0.4) is 0 Å². The molecular weight excluding hydrogens is 615 g/mol. The summed E-state index contributed by atoms with van der Waals surface area (Å²) in [6, 6.07) is 59.2. The first kappa shape index (κ1) is 26.8. The molecule has 0 unspecified atom stereocenters. The molecule has 0 aliphatic heterocycles. The Bertz CT molecular complexity index is 3090. The van der Waals surface area contributed by atoms with Crippen LogP contribution in [0.5, 0.6) is 0 Å². The molecule has 3 nitrogen and oxygen atoms in total. The second kappa shape index (κ2) is 10.1. The molecule has 0 bridgehead atoms. The van der Waals surface area contributed by atoms with Gasteiger partial charge in [0.25, 0.3) is 0 Å². The quantitative estimate of drug-likeness (QED) is 0.188. The molecule has 0 aliphatic rings. The second-order valence-corrected chi connectivity index (χ2v) is 13.8. The number of thiophene rings is 1. The van der Waals surface area contributed by atoms with Crippen molar-refractivity contribution in [1.29, 1.82) is 0 Å². The van der Waals surface area contributed by atoms with E-state index in [-0.39, 0.29) is 0 Å². The summed E-state index contributed by atoms with van der Waals surface area (Å²) in [7, 11) is 0. The van der Waals surface area contributed by atoms with Crippen LogP contribution in [-0.2, 0) is 0 Å². The number of hydrogen-bond donors (Lipinski definition) is 0. The van der Waals surface area contributed by atoms with Crippen molar-refractivity contribution in [3.63, 3.8) is 0 Å². The Morgan fingerprint density at radius 2 is 1.10 bits per heavy atom. The van der Waals surface area contributed by atoms with Crippen LogP contribution < -0.4 is 0 Å². The minimum atomic E-state index is 0.934. The van der Waals surface area contributed by atoms with Crippen LogP contribution in [0.25, 0.3) is 97.3 Å². The summed E-state index contributed by atoms with van der Waals surface area (Å²) in [5.41, 5.74) is 7.85. The highest BCUT2D eigenvalue weighted by atomic mass is 32.1. The maximum Gasteiger partial charge on any atom is 0.145 e. The minimum absolute atomic E-state index is 0.934. The molecule has 0 saturated heterocycles. The summed E-state index contributed by atoms with van der Waals surface area (Å²) in [4.78, 5) is 5.14. The molecule has 11 rings (SSSR count). The molecule has 11 aromatic rings. The molecule has 0 saturated carbocycles. The zero-order valence-corrected chi connectivity index (χ0v) is 27.2. The van der Waals surface area contributed by atoms with Crippen LogP contribution in [0.1, 0.15) is 0 Å². The van der Waals surface area contributed by atoms with Crippen LogP contribution in [0.4, 0.5) is 0 Å². The lowest BCUT2D eigenvalue weighted by atomic mass is 9.97. The Morgan fingerprint density at radius 3 is 1.96 bits per heavy atom. The molecule has 0 amide bonds. The Hall–Kier alpha value is -6.23. The van der Waals surface area contributed by atoms with Gasteiger partial charge in [-0.25, -0.2) is 4.98 Å². The van der Waals surface area contributed by atoms with Gasteiger partial charge in [-0.15, -0.1) is 11.3 Å². The molecule has 0 spiro atoms. The third-order valence-electron chi connectivity index (χ3n) is 10.1. The molecule has 0 atom stereocenters. The van der Waals surface area contributed by atoms with Gasteiger partial charge in [0.05, 0.1) is 22.1 Å². The molecule has 49 heavy (non-hydrogen) atoms. The molecule has 0 radical (unpaired) electrons. The van der Waals surface area contributed by atoms with Crippen LogP contribution in [0.15, 0.2) is 164 Å². The van der Waals surface area contributed by atoms with E-state index in [4.69, 9.17) is 4.98 Å². The average molecular weight is 642 g/mol. The van der Waals surface area contributed by atoms with Gasteiger partial charge < -0.3 is 4.57 Å². The van der Waals surface area contributed by atoms with E-state index < -0.39 is 0 Å². The van der Waals surface area contributed by atoms with Gasteiger partial charge in [0.2, 0.25) is 0 Å². The highest BCUT2D eigenvalue weighted by Crippen LogP contribution is 2.49. The number of nitrogens with zero attached hydrogens (tertiary/aromatic N) is 3. The van der Waals surface area contributed by atoms with Crippen molar-refractivity contribution in [2.75, 3.05) is 0 Å². The normalized spacial score (nSPS) is 12.1. The van der Waals surface area contributed by atoms with E-state index in [1.54, 1.807) is 0 Å². The Kier molecular flexibility index (Phi) is 5.54. The zero-order valence-electron chi connectivity index (χ0n) is 26.3. The smallest absolute Gasteiger partial charge is 0.145 e. The molecule has 0 aliphatic carbocycles. The van der Waals surface area contributed by atoms with E-state index in [1.165, 1.54) is 63.5 Å². The summed E-state index contributed by atoms with van der Waals surface area (Å²) in [6.07, 6.45) is 0. The van der Waals surface area contributed by atoms with Gasteiger partial charge >= 0.3 is 0 Å². The molecule has 3 aromatic heterocycles. The Labute approximate surface area is 285 Å². The third-order valence-corrected chi connectivity index (χ3v) is 11.3. The van der Waals surface area contributed by atoms with E-state index in [9.17, 15) is 0 Å². The Morgan fingerprint density at radius 1 is 0.429 bits per heavy atom. The minimum Gasteiger partial charge on any atom is -0.309 e. The van der Waals surface area contributed by atoms with Gasteiger partial charge in [-0.05, 0) is 71.4 Å². The molecule has 0 N–H and O–H groups in total. The summed E-state index contributed by atoms with van der Waals surface area (Å²) in [5.74, 6) is 0.934. The fourth-order valence-corrected chi connectivity index (χ4v) is 9.26.